The van der Waals surface area contributed by atoms with Crippen molar-refractivity contribution in [1.82, 2.24) is 0 Å². The van der Waals surface area contributed by atoms with Crippen LogP contribution in [0.4, 0.5) is 5.69 Å². The zero-order valence-electron chi connectivity index (χ0n) is 9.23. The Kier molecular flexibility index (Phi) is 2.30. The van der Waals surface area contributed by atoms with Crippen LogP contribution < -0.4 is 14.4 Å². The number of hydrogen-bond acceptors (Lipinski definition) is 4. The van der Waals surface area contributed by atoms with E-state index in [-0.39, 0.29) is 0 Å². The van der Waals surface area contributed by atoms with E-state index in [0.29, 0.717) is 22.7 Å². The van der Waals surface area contributed by atoms with Crippen molar-refractivity contribution < 1.29 is 19.1 Å². The van der Waals surface area contributed by atoms with Gasteiger partial charge in [-0.25, -0.2) is 0 Å². The highest BCUT2D eigenvalue weighted by Crippen LogP contribution is 2.39. The lowest BCUT2D eigenvalue weighted by Gasteiger charge is -2.14. The minimum Gasteiger partial charge on any atom is -0.497 e. The van der Waals surface area contributed by atoms with Crippen LogP contribution in [0.25, 0.3) is 0 Å². The first-order valence-electron chi connectivity index (χ1n) is 4.68. The number of likely N-dealkylation sites (N-methyl/N-ethyl adjacent to an activating group) is 1. The average molecular weight is 221 g/mol. The number of carbonyl (C=O) groups is 2. The molecule has 84 valence electrons. The van der Waals surface area contributed by atoms with E-state index < -0.39 is 11.7 Å². The fourth-order valence-electron chi connectivity index (χ4n) is 1.74. The molecule has 2 rings (SSSR count). The fourth-order valence-corrected chi connectivity index (χ4v) is 1.74. The minimum absolute atomic E-state index is 0.323. The van der Waals surface area contributed by atoms with Gasteiger partial charge in [-0.1, -0.05) is 0 Å². The number of amides is 1. The maximum Gasteiger partial charge on any atom is 0.299 e. The van der Waals surface area contributed by atoms with Crippen molar-refractivity contribution in [3.8, 4) is 11.5 Å². The number of hydrogen-bond donors (Lipinski definition) is 0. The Balaban J connectivity index is 2.69. The zero-order chi connectivity index (χ0) is 11.9. The number of carbonyl (C=O) groups excluding carboxylic acids is 2. The van der Waals surface area contributed by atoms with Gasteiger partial charge in [0.05, 0.1) is 25.5 Å². The van der Waals surface area contributed by atoms with Crippen LogP contribution in [0.3, 0.4) is 0 Å². The summed E-state index contributed by atoms with van der Waals surface area (Å²) in [5.74, 6) is -0.139. The molecule has 1 aliphatic rings. The highest BCUT2D eigenvalue weighted by Gasteiger charge is 2.36. The predicted molar refractivity (Wildman–Crippen MR) is 57.3 cm³/mol. The molecule has 0 fully saturated rings. The SMILES string of the molecule is COc1cc(OC)c2c(c1)C(=O)C(=O)N2C. The van der Waals surface area contributed by atoms with Crippen LogP contribution in [-0.4, -0.2) is 33.0 Å². The van der Waals surface area contributed by atoms with Crippen molar-refractivity contribution in [3.63, 3.8) is 0 Å². The zero-order valence-corrected chi connectivity index (χ0v) is 9.23. The number of benzene rings is 1. The summed E-state index contributed by atoms with van der Waals surface area (Å²) in [6.07, 6.45) is 0. The van der Waals surface area contributed by atoms with Crippen LogP contribution in [-0.2, 0) is 4.79 Å². The average Bonchev–Trinajstić information content (AvgIpc) is 2.53. The molecule has 1 heterocycles. The number of Topliss-reactive ketones (excluding diaryl/α,β-unsaturated/α-hetero) is 1. The predicted octanol–water partition coefficient (Wildman–Crippen LogP) is 0.863. The molecule has 0 radical (unpaired) electrons. The van der Waals surface area contributed by atoms with Gasteiger partial charge < -0.3 is 14.4 Å². The van der Waals surface area contributed by atoms with Gasteiger partial charge in [-0.05, 0) is 6.07 Å². The third-order valence-electron chi connectivity index (χ3n) is 2.58. The molecule has 5 nitrogen and oxygen atoms in total. The molecule has 1 amide bonds. The lowest BCUT2D eigenvalue weighted by Crippen LogP contribution is -2.25. The summed E-state index contributed by atoms with van der Waals surface area (Å²) in [7, 11) is 4.52. The molecule has 0 saturated carbocycles. The number of nitrogens with zero attached hydrogens (tertiary/aromatic N) is 1. The summed E-state index contributed by atoms with van der Waals surface area (Å²) in [4.78, 5) is 24.4. The van der Waals surface area contributed by atoms with Gasteiger partial charge >= 0.3 is 0 Å². The van der Waals surface area contributed by atoms with Crippen molar-refractivity contribution in [2.75, 3.05) is 26.2 Å². The van der Waals surface area contributed by atoms with E-state index in [1.165, 1.54) is 19.1 Å². The molecular weight excluding hydrogens is 210 g/mol. The van der Waals surface area contributed by atoms with Gasteiger partial charge in [0.2, 0.25) is 0 Å². The van der Waals surface area contributed by atoms with E-state index in [2.05, 4.69) is 0 Å². The Morgan fingerprint density at radius 1 is 1.12 bits per heavy atom. The molecule has 0 spiro atoms. The number of methoxy groups -OCH3 is 2. The van der Waals surface area contributed by atoms with Crippen LogP contribution in [0.2, 0.25) is 0 Å². The van der Waals surface area contributed by atoms with Gasteiger partial charge in [0.1, 0.15) is 11.5 Å². The lowest BCUT2D eigenvalue weighted by atomic mass is 10.1. The van der Waals surface area contributed by atoms with Crippen molar-refractivity contribution in [2.45, 2.75) is 0 Å². The van der Waals surface area contributed by atoms with Gasteiger partial charge in [-0.2, -0.15) is 0 Å². The Hall–Kier alpha value is -2.04. The summed E-state index contributed by atoms with van der Waals surface area (Å²) < 4.78 is 10.2. The molecule has 0 aliphatic carbocycles. The summed E-state index contributed by atoms with van der Waals surface area (Å²) in [6.45, 7) is 0. The fraction of sp³-hybridized carbons (Fsp3) is 0.273. The number of ether oxygens (including phenoxy) is 2. The van der Waals surface area contributed by atoms with Gasteiger partial charge in [0.25, 0.3) is 11.7 Å². The van der Waals surface area contributed by atoms with E-state index in [4.69, 9.17) is 9.47 Å². The van der Waals surface area contributed by atoms with Crippen LogP contribution in [0.15, 0.2) is 12.1 Å². The number of fused-ring (bicyclic) bond motifs is 1. The molecular formula is C11H11NO4. The summed E-state index contributed by atoms with van der Waals surface area (Å²) in [5, 5.41) is 0. The largest absolute Gasteiger partial charge is 0.497 e. The molecule has 5 heteroatoms. The quantitative estimate of drug-likeness (QED) is 0.695. The molecule has 0 aromatic heterocycles. The Morgan fingerprint density at radius 2 is 1.81 bits per heavy atom. The normalized spacial score (nSPS) is 14.1. The molecule has 16 heavy (non-hydrogen) atoms. The van der Waals surface area contributed by atoms with E-state index in [0.717, 1.165) is 0 Å². The van der Waals surface area contributed by atoms with E-state index in [9.17, 15) is 9.59 Å². The van der Waals surface area contributed by atoms with Crippen LogP contribution in [0.1, 0.15) is 10.4 Å². The molecule has 0 unspecified atom stereocenters. The van der Waals surface area contributed by atoms with Crippen LogP contribution >= 0.6 is 0 Å². The highest BCUT2D eigenvalue weighted by atomic mass is 16.5. The number of rotatable bonds is 2. The first-order valence-corrected chi connectivity index (χ1v) is 4.68. The monoisotopic (exact) mass is 221 g/mol. The lowest BCUT2D eigenvalue weighted by molar-refractivity contribution is -0.114. The van der Waals surface area contributed by atoms with Gasteiger partial charge in [0, 0.05) is 13.1 Å². The topological polar surface area (TPSA) is 55.8 Å². The minimum atomic E-state index is -0.554. The summed E-state index contributed by atoms with van der Waals surface area (Å²) in [6, 6.07) is 3.18. The second kappa shape index (κ2) is 3.52. The molecule has 0 saturated heterocycles. The third kappa shape index (κ3) is 1.25. The molecule has 1 aromatic rings. The number of ketones is 1. The van der Waals surface area contributed by atoms with Gasteiger partial charge in [0.15, 0.2) is 0 Å². The van der Waals surface area contributed by atoms with Crippen LogP contribution in [0, 0.1) is 0 Å². The second-order valence-corrected chi connectivity index (χ2v) is 3.42. The maximum absolute atomic E-state index is 11.6. The molecule has 0 atom stereocenters. The molecule has 0 N–H and O–H groups in total. The summed E-state index contributed by atoms with van der Waals surface area (Å²) in [5.41, 5.74) is 0.821. The first kappa shape index (κ1) is 10.5. The Bertz CT molecular complexity index is 481. The standard InChI is InChI=1S/C11H11NO4/c1-12-9-7(10(13)11(12)14)4-6(15-2)5-8(9)16-3/h4-5H,1-3H3. The van der Waals surface area contributed by atoms with E-state index in [1.807, 2.05) is 0 Å². The molecule has 1 aliphatic heterocycles. The second-order valence-electron chi connectivity index (χ2n) is 3.42. The smallest absolute Gasteiger partial charge is 0.299 e. The van der Waals surface area contributed by atoms with E-state index in [1.54, 1.807) is 19.2 Å². The van der Waals surface area contributed by atoms with Crippen LogP contribution in [0.5, 0.6) is 11.5 Å². The van der Waals surface area contributed by atoms with Crippen molar-refractivity contribution in [2.24, 2.45) is 0 Å². The molecule has 0 bridgehead atoms. The molecule has 1 aromatic carbocycles. The van der Waals surface area contributed by atoms with Crippen molar-refractivity contribution >= 4 is 17.4 Å². The third-order valence-corrected chi connectivity index (χ3v) is 2.58. The van der Waals surface area contributed by atoms with Crippen molar-refractivity contribution in [3.05, 3.63) is 17.7 Å². The van der Waals surface area contributed by atoms with Crippen molar-refractivity contribution in [1.29, 1.82) is 0 Å². The van der Waals surface area contributed by atoms with E-state index >= 15 is 0 Å². The number of anilines is 1. The summed E-state index contributed by atoms with van der Waals surface area (Å²) >= 11 is 0. The first-order chi connectivity index (χ1) is 7.60. The van der Waals surface area contributed by atoms with Gasteiger partial charge in [-0.3, -0.25) is 9.59 Å². The van der Waals surface area contributed by atoms with Gasteiger partial charge in [-0.15, -0.1) is 0 Å². The maximum atomic E-state index is 11.6. The Morgan fingerprint density at radius 3 is 2.38 bits per heavy atom. The Labute approximate surface area is 92.6 Å². The highest BCUT2D eigenvalue weighted by molar-refractivity contribution is 6.52.